The fourth-order valence-electron chi connectivity index (χ4n) is 2.45. The van der Waals surface area contributed by atoms with Crippen LogP contribution < -0.4 is 5.73 Å². The summed E-state index contributed by atoms with van der Waals surface area (Å²) in [6.07, 6.45) is 13.7. The zero-order chi connectivity index (χ0) is 9.80. The molecule has 3 unspecified atom stereocenters. The summed E-state index contributed by atoms with van der Waals surface area (Å²) in [5, 5.41) is 0. The van der Waals surface area contributed by atoms with Gasteiger partial charge in [-0.3, -0.25) is 0 Å². The van der Waals surface area contributed by atoms with Crippen molar-refractivity contribution >= 4 is 0 Å². The highest BCUT2D eigenvalue weighted by atomic mass is 16.5. The van der Waals surface area contributed by atoms with Crippen molar-refractivity contribution in [3.8, 4) is 0 Å². The Morgan fingerprint density at radius 1 is 1.14 bits per heavy atom. The first-order valence-electron chi connectivity index (χ1n) is 5.92. The second-order valence-electron chi connectivity index (χ2n) is 4.58. The zero-order valence-corrected chi connectivity index (χ0v) is 8.82. The predicted octanol–water partition coefficient (Wildman–Crippen LogP) is 2.38. The number of allylic oxidation sites excluding steroid dienone is 1. The van der Waals surface area contributed by atoms with E-state index in [-0.39, 0.29) is 0 Å². The summed E-state index contributed by atoms with van der Waals surface area (Å²) in [7, 11) is 0. The van der Waals surface area contributed by atoms with Crippen molar-refractivity contribution in [2.75, 3.05) is 0 Å². The highest BCUT2D eigenvalue weighted by molar-refractivity contribution is 4.95. The second-order valence-corrected chi connectivity index (χ2v) is 4.58. The first-order valence-corrected chi connectivity index (χ1v) is 5.92. The third-order valence-electron chi connectivity index (χ3n) is 3.24. The summed E-state index contributed by atoms with van der Waals surface area (Å²) < 4.78 is 6.04. The molecule has 0 spiro atoms. The lowest BCUT2D eigenvalue weighted by atomic mass is 9.93. The van der Waals surface area contributed by atoms with Crippen molar-refractivity contribution < 1.29 is 4.74 Å². The molecular formula is C12H21NO. The highest BCUT2D eigenvalue weighted by Crippen LogP contribution is 2.24. The molecule has 1 saturated carbocycles. The fourth-order valence-corrected chi connectivity index (χ4v) is 2.45. The van der Waals surface area contributed by atoms with Gasteiger partial charge in [0.2, 0.25) is 0 Å². The number of nitrogens with two attached hydrogens (primary N) is 1. The molecule has 2 aliphatic rings. The van der Waals surface area contributed by atoms with Gasteiger partial charge in [-0.25, -0.2) is 0 Å². The average molecular weight is 195 g/mol. The molecule has 14 heavy (non-hydrogen) atoms. The molecule has 2 nitrogen and oxygen atoms in total. The van der Waals surface area contributed by atoms with Gasteiger partial charge in [0.15, 0.2) is 0 Å². The maximum Gasteiger partial charge on any atom is 0.0759 e. The zero-order valence-electron chi connectivity index (χ0n) is 8.82. The van der Waals surface area contributed by atoms with Crippen LogP contribution in [0.2, 0.25) is 0 Å². The minimum absolute atomic E-state index is 0.374. The largest absolute Gasteiger partial charge is 0.371 e. The first kappa shape index (κ1) is 10.2. The lowest BCUT2D eigenvalue weighted by molar-refractivity contribution is -0.0164. The molecule has 0 radical (unpaired) electrons. The van der Waals surface area contributed by atoms with Crippen LogP contribution in [0.4, 0.5) is 0 Å². The number of hydrogen-bond donors (Lipinski definition) is 1. The van der Waals surface area contributed by atoms with Crippen molar-refractivity contribution in [1.29, 1.82) is 0 Å². The van der Waals surface area contributed by atoms with Gasteiger partial charge in [0.25, 0.3) is 0 Å². The van der Waals surface area contributed by atoms with Crippen LogP contribution in [0.1, 0.15) is 44.9 Å². The van der Waals surface area contributed by atoms with Crippen LogP contribution in [0.3, 0.4) is 0 Å². The van der Waals surface area contributed by atoms with Crippen LogP contribution in [0.25, 0.3) is 0 Å². The van der Waals surface area contributed by atoms with E-state index in [9.17, 15) is 0 Å². The van der Waals surface area contributed by atoms with E-state index in [1.807, 2.05) is 0 Å². The Bertz CT molecular complexity index is 202. The molecule has 0 aromatic carbocycles. The number of ether oxygens (including phenoxy) is 1. The van der Waals surface area contributed by atoms with Gasteiger partial charge in [0.05, 0.1) is 12.2 Å². The molecule has 0 aliphatic heterocycles. The minimum Gasteiger partial charge on any atom is -0.371 e. The van der Waals surface area contributed by atoms with Crippen molar-refractivity contribution in [3.05, 3.63) is 12.2 Å². The smallest absolute Gasteiger partial charge is 0.0759 e. The summed E-state index contributed by atoms with van der Waals surface area (Å²) in [5.41, 5.74) is 5.93. The van der Waals surface area contributed by atoms with Gasteiger partial charge in [-0.15, -0.1) is 0 Å². The van der Waals surface area contributed by atoms with Gasteiger partial charge < -0.3 is 10.5 Å². The minimum atomic E-state index is 0.374. The Hall–Kier alpha value is -0.340. The molecule has 0 bridgehead atoms. The SMILES string of the molecule is NC1CCCC(OC2C=CCCC2)C1. The second kappa shape index (κ2) is 4.94. The number of hydrogen-bond acceptors (Lipinski definition) is 2. The molecule has 0 aromatic rings. The van der Waals surface area contributed by atoms with Gasteiger partial charge in [-0.05, 0) is 44.9 Å². The maximum absolute atomic E-state index is 6.04. The van der Waals surface area contributed by atoms with E-state index in [1.165, 1.54) is 38.5 Å². The standard InChI is InChI=1S/C12H21NO/c13-10-5-4-8-12(9-10)14-11-6-2-1-3-7-11/h2,6,10-12H,1,3-5,7-9,13H2. The Kier molecular flexibility index (Phi) is 3.60. The quantitative estimate of drug-likeness (QED) is 0.687. The molecule has 0 aromatic heterocycles. The van der Waals surface area contributed by atoms with Gasteiger partial charge in [-0.1, -0.05) is 12.2 Å². The molecule has 2 aliphatic carbocycles. The molecule has 80 valence electrons. The lowest BCUT2D eigenvalue weighted by Crippen LogP contribution is -2.34. The van der Waals surface area contributed by atoms with E-state index >= 15 is 0 Å². The van der Waals surface area contributed by atoms with Crippen molar-refractivity contribution in [2.24, 2.45) is 5.73 Å². The van der Waals surface area contributed by atoms with E-state index in [4.69, 9.17) is 10.5 Å². The topological polar surface area (TPSA) is 35.2 Å². The molecule has 2 N–H and O–H groups in total. The summed E-state index contributed by atoms with van der Waals surface area (Å²) in [5.74, 6) is 0. The Morgan fingerprint density at radius 3 is 2.79 bits per heavy atom. The first-order chi connectivity index (χ1) is 6.84. The van der Waals surface area contributed by atoms with Gasteiger partial charge >= 0.3 is 0 Å². The molecule has 0 saturated heterocycles. The summed E-state index contributed by atoms with van der Waals surface area (Å²) in [4.78, 5) is 0. The van der Waals surface area contributed by atoms with Crippen LogP contribution in [0.15, 0.2) is 12.2 Å². The Morgan fingerprint density at radius 2 is 2.07 bits per heavy atom. The van der Waals surface area contributed by atoms with E-state index in [0.717, 1.165) is 6.42 Å². The van der Waals surface area contributed by atoms with Crippen LogP contribution in [0, 0.1) is 0 Å². The van der Waals surface area contributed by atoms with Gasteiger partial charge in [0, 0.05) is 6.04 Å². The van der Waals surface area contributed by atoms with Crippen LogP contribution >= 0.6 is 0 Å². The molecule has 1 fully saturated rings. The van der Waals surface area contributed by atoms with Crippen LogP contribution in [-0.2, 0) is 4.74 Å². The highest BCUT2D eigenvalue weighted by Gasteiger charge is 2.22. The van der Waals surface area contributed by atoms with Crippen LogP contribution in [-0.4, -0.2) is 18.2 Å². The third-order valence-corrected chi connectivity index (χ3v) is 3.24. The van der Waals surface area contributed by atoms with Crippen molar-refractivity contribution in [1.82, 2.24) is 0 Å². The Balaban J connectivity index is 1.78. The third kappa shape index (κ3) is 2.82. The molecular weight excluding hydrogens is 174 g/mol. The Labute approximate surface area is 86.5 Å². The van der Waals surface area contributed by atoms with E-state index in [2.05, 4.69) is 12.2 Å². The van der Waals surface area contributed by atoms with E-state index in [0.29, 0.717) is 18.2 Å². The normalized spacial score (nSPS) is 38.5. The predicted molar refractivity (Wildman–Crippen MR) is 58.1 cm³/mol. The van der Waals surface area contributed by atoms with E-state index in [1.54, 1.807) is 0 Å². The molecule has 2 rings (SSSR count). The van der Waals surface area contributed by atoms with E-state index < -0.39 is 0 Å². The molecule has 0 amide bonds. The van der Waals surface area contributed by atoms with Crippen molar-refractivity contribution in [3.63, 3.8) is 0 Å². The summed E-state index contributed by atoms with van der Waals surface area (Å²) in [6.45, 7) is 0. The van der Waals surface area contributed by atoms with Crippen LogP contribution in [0.5, 0.6) is 0 Å². The van der Waals surface area contributed by atoms with Gasteiger partial charge in [-0.2, -0.15) is 0 Å². The summed E-state index contributed by atoms with van der Waals surface area (Å²) >= 11 is 0. The molecule has 2 heteroatoms. The molecule has 3 atom stereocenters. The monoisotopic (exact) mass is 195 g/mol. The fraction of sp³-hybridized carbons (Fsp3) is 0.833. The molecule has 0 heterocycles. The number of rotatable bonds is 2. The average Bonchev–Trinajstić information content (AvgIpc) is 2.19. The summed E-state index contributed by atoms with van der Waals surface area (Å²) in [6, 6.07) is 0.376. The van der Waals surface area contributed by atoms with Crippen molar-refractivity contribution in [2.45, 2.75) is 63.2 Å². The lowest BCUT2D eigenvalue weighted by Gasteiger charge is -2.30. The van der Waals surface area contributed by atoms with Gasteiger partial charge in [0.1, 0.15) is 0 Å². The maximum atomic E-state index is 6.04.